The zero-order chi connectivity index (χ0) is 19.1. The summed E-state index contributed by atoms with van der Waals surface area (Å²) in [5, 5.41) is 5.85. The molecule has 2 N–H and O–H groups in total. The number of pyridine rings is 2. The summed E-state index contributed by atoms with van der Waals surface area (Å²) in [6.45, 7) is 3.72. The summed E-state index contributed by atoms with van der Waals surface area (Å²) in [7, 11) is 0. The number of hydrogen-bond acceptors (Lipinski definition) is 5. The summed E-state index contributed by atoms with van der Waals surface area (Å²) >= 11 is 0. The van der Waals surface area contributed by atoms with E-state index in [-0.39, 0.29) is 17.9 Å². The summed E-state index contributed by atoms with van der Waals surface area (Å²) in [5.41, 5.74) is 1.58. The van der Waals surface area contributed by atoms with Crippen molar-refractivity contribution in [1.82, 2.24) is 20.6 Å². The Balaban J connectivity index is 1.44. The van der Waals surface area contributed by atoms with E-state index in [4.69, 9.17) is 0 Å². The van der Waals surface area contributed by atoms with Gasteiger partial charge in [0.15, 0.2) is 0 Å². The molecule has 1 fully saturated rings. The Kier molecular flexibility index (Phi) is 6.35. The molecular formula is C20H25N5O2. The smallest absolute Gasteiger partial charge is 0.252 e. The first-order valence-corrected chi connectivity index (χ1v) is 9.28. The molecule has 7 nitrogen and oxygen atoms in total. The summed E-state index contributed by atoms with van der Waals surface area (Å²) in [6.07, 6.45) is 5.96. The van der Waals surface area contributed by atoms with Crippen molar-refractivity contribution in [2.75, 3.05) is 24.5 Å². The van der Waals surface area contributed by atoms with Gasteiger partial charge in [-0.2, -0.15) is 0 Å². The molecule has 27 heavy (non-hydrogen) atoms. The van der Waals surface area contributed by atoms with Crippen molar-refractivity contribution in [3.05, 3.63) is 54.0 Å². The number of aryl methyl sites for hydroxylation is 1. The van der Waals surface area contributed by atoms with Gasteiger partial charge in [0.1, 0.15) is 5.82 Å². The number of carbonyl (C=O) groups is 2. The zero-order valence-electron chi connectivity index (χ0n) is 15.5. The molecule has 0 bridgehead atoms. The van der Waals surface area contributed by atoms with Gasteiger partial charge in [0.2, 0.25) is 5.91 Å². The highest BCUT2D eigenvalue weighted by Crippen LogP contribution is 2.18. The van der Waals surface area contributed by atoms with E-state index in [0.717, 1.165) is 43.9 Å². The zero-order valence-corrected chi connectivity index (χ0v) is 15.5. The van der Waals surface area contributed by atoms with Crippen LogP contribution < -0.4 is 15.5 Å². The van der Waals surface area contributed by atoms with Gasteiger partial charge in [-0.3, -0.25) is 14.6 Å². The van der Waals surface area contributed by atoms with Gasteiger partial charge in [-0.25, -0.2) is 4.98 Å². The predicted molar refractivity (Wildman–Crippen MR) is 104 cm³/mol. The molecule has 7 heteroatoms. The van der Waals surface area contributed by atoms with Crippen molar-refractivity contribution in [3.63, 3.8) is 0 Å². The molecule has 0 unspecified atom stereocenters. The van der Waals surface area contributed by atoms with E-state index in [0.29, 0.717) is 12.1 Å². The van der Waals surface area contributed by atoms with Gasteiger partial charge in [-0.15, -0.1) is 0 Å². The standard InChI is InChI=1S/C20H25N5O2/c1-15(26)24-18-9-12-25(14-18)19-8-7-16(13-23-19)20(27)22-11-4-6-17-5-2-3-10-21-17/h2-3,5,7-8,10,13,18H,4,6,9,11-12,14H2,1H3,(H,22,27)(H,24,26)/t18-/m0/s1. The molecule has 0 radical (unpaired) electrons. The molecule has 3 heterocycles. The van der Waals surface area contributed by atoms with E-state index in [1.807, 2.05) is 24.3 Å². The van der Waals surface area contributed by atoms with E-state index in [1.54, 1.807) is 18.5 Å². The van der Waals surface area contributed by atoms with Crippen LogP contribution in [0.4, 0.5) is 5.82 Å². The van der Waals surface area contributed by atoms with Gasteiger partial charge in [-0.05, 0) is 43.5 Å². The Hall–Kier alpha value is -2.96. The van der Waals surface area contributed by atoms with Crippen molar-refractivity contribution in [1.29, 1.82) is 0 Å². The normalized spacial score (nSPS) is 16.2. The van der Waals surface area contributed by atoms with Crippen LogP contribution in [-0.4, -0.2) is 47.5 Å². The maximum atomic E-state index is 12.2. The molecular weight excluding hydrogens is 342 g/mol. The lowest BCUT2D eigenvalue weighted by molar-refractivity contribution is -0.119. The van der Waals surface area contributed by atoms with Gasteiger partial charge < -0.3 is 15.5 Å². The van der Waals surface area contributed by atoms with Crippen LogP contribution in [0.15, 0.2) is 42.7 Å². The molecule has 1 atom stereocenters. The topological polar surface area (TPSA) is 87.2 Å². The van der Waals surface area contributed by atoms with Crippen LogP contribution in [0.1, 0.15) is 35.8 Å². The van der Waals surface area contributed by atoms with Gasteiger partial charge >= 0.3 is 0 Å². The minimum atomic E-state index is -0.118. The van der Waals surface area contributed by atoms with Crippen LogP contribution in [0.25, 0.3) is 0 Å². The number of amides is 2. The Morgan fingerprint density at radius 2 is 2.11 bits per heavy atom. The van der Waals surface area contributed by atoms with Gasteiger partial charge in [0.05, 0.1) is 5.56 Å². The molecule has 1 aliphatic rings. The fourth-order valence-electron chi connectivity index (χ4n) is 3.20. The van der Waals surface area contributed by atoms with E-state index in [2.05, 4.69) is 25.5 Å². The number of anilines is 1. The number of nitrogens with one attached hydrogen (secondary N) is 2. The Labute approximate surface area is 159 Å². The second kappa shape index (κ2) is 9.12. The number of aromatic nitrogens is 2. The monoisotopic (exact) mass is 367 g/mol. The summed E-state index contributed by atoms with van der Waals surface area (Å²) < 4.78 is 0. The maximum absolute atomic E-state index is 12.2. The molecule has 142 valence electrons. The van der Waals surface area contributed by atoms with E-state index < -0.39 is 0 Å². The Morgan fingerprint density at radius 1 is 1.22 bits per heavy atom. The second-order valence-corrected chi connectivity index (χ2v) is 6.72. The summed E-state index contributed by atoms with van der Waals surface area (Å²) in [6, 6.07) is 9.66. The molecule has 0 saturated carbocycles. The van der Waals surface area contributed by atoms with Crippen molar-refractivity contribution in [2.45, 2.75) is 32.2 Å². The van der Waals surface area contributed by atoms with Crippen LogP contribution in [-0.2, 0) is 11.2 Å². The third-order valence-corrected chi connectivity index (χ3v) is 4.55. The number of hydrogen-bond donors (Lipinski definition) is 2. The van der Waals surface area contributed by atoms with Crippen molar-refractivity contribution >= 4 is 17.6 Å². The van der Waals surface area contributed by atoms with E-state index in [1.165, 1.54) is 6.92 Å². The van der Waals surface area contributed by atoms with E-state index in [9.17, 15) is 9.59 Å². The Bertz CT molecular complexity index is 764. The highest BCUT2D eigenvalue weighted by atomic mass is 16.2. The fourth-order valence-corrected chi connectivity index (χ4v) is 3.20. The van der Waals surface area contributed by atoms with Crippen LogP contribution in [0.5, 0.6) is 0 Å². The number of rotatable bonds is 7. The molecule has 2 aromatic heterocycles. The third-order valence-electron chi connectivity index (χ3n) is 4.55. The lowest BCUT2D eigenvalue weighted by atomic mass is 10.2. The Morgan fingerprint density at radius 3 is 2.81 bits per heavy atom. The molecule has 2 aromatic rings. The average Bonchev–Trinajstić information content (AvgIpc) is 3.14. The molecule has 0 spiro atoms. The molecule has 1 saturated heterocycles. The molecule has 1 aliphatic heterocycles. The molecule has 0 aromatic carbocycles. The highest BCUT2D eigenvalue weighted by Gasteiger charge is 2.24. The van der Waals surface area contributed by atoms with Gasteiger partial charge in [-0.1, -0.05) is 6.07 Å². The average molecular weight is 367 g/mol. The van der Waals surface area contributed by atoms with Crippen LogP contribution >= 0.6 is 0 Å². The van der Waals surface area contributed by atoms with Crippen molar-refractivity contribution < 1.29 is 9.59 Å². The van der Waals surface area contributed by atoms with Crippen LogP contribution in [0.2, 0.25) is 0 Å². The summed E-state index contributed by atoms with van der Waals surface area (Å²) in [5.74, 6) is 0.701. The number of carbonyl (C=O) groups excluding carboxylic acids is 2. The van der Waals surface area contributed by atoms with Crippen molar-refractivity contribution in [2.24, 2.45) is 0 Å². The van der Waals surface area contributed by atoms with Gasteiger partial charge in [0.25, 0.3) is 5.91 Å². The lowest BCUT2D eigenvalue weighted by Crippen LogP contribution is -2.35. The SMILES string of the molecule is CC(=O)N[C@H]1CCN(c2ccc(C(=O)NCCCc3ccccn3)cn2)C1. The van der Waals surface area contributed by atoms with Gasteiger partial charge in [0, 0.05) is 50.7 Å². The second-order valence-electron chi connectivity index (χ2n) is 6.72. The molecule has 0 aliphatic carbocycles. The van der Waals surface area contributed by atoms with Crippen LogP contribution in [0, 0.1) is 0 Å². The molecule has 2 amide bonds. The minimum absolute atomic E-state index is 0.00938. The largest absolute Gasteiger partial charge is 0.354 e. The predicted octanol–water partition coefficient (Wildman–Crippen LogP) is 1.55. The van der Waals surface area contributed by atoms with Crippen LogP contribution in [0.3, 0.4) is 0 Å². The summed E-state index contributed by atoms with van der Waals surface area (Å²) in [4.78, 5) is 34.2. The third kappa shape index (κ3) is 5.51. The first-order valence-electron chi connectivity index (χ1n) is 9.28. The van der Waals surface area contributed by atoms with Crippen molar-refractivity contribution in [3.8, 4) is 0 Å². The first kappa shape index (κ1) is 18.8. The minimum Gasteiger partial charge on any atom is -0.354 e. The quantitative estimate of drug-likeness (QED) is 0.725. The number of nitrogens with zero attached hydrogens (tertiary/aromatic N) is 3. The first-order chi connectivity index (χ1) is 13.1. The highest BCUT2D eigenvalue weighted by molar-refractivity contribution is 5.94. The van der Waals surface area contributed by atoms with E-state index >= 15 is 0 Å². The fraction of sp³-hybridized carbons (Fsp3) is 0.400. The lowest BCUT2D eigenvalue weighted by Gasteiger charge is -2.17. The maximum Gasteiger partial charge on any atom is 0.252 e. The molecule has 3 rings (SSSR count).